The minimum atomic E-state index is -0.633. The number of benzene rings is 3. The molecule has 28 heavy (non-hydrogen) atoms. The summed E-state index contributed by atoms with van der Waals surface area (Å²) in [5, 5.41) is 5.68. The lowest BCUT2D eigenvalue weighted by Crippen LogP contribution is -2.45. The first-order chi connectivity index (χ1) is 13.7. The van der Waals surface area contributed by atoms with Crippen molar-refractivity contribution in [3.05, 3.63) is 96.6 Å². The summed E-state index contributed by atoms with van der Waals surface area (Å²) in [6.07, 6.45) is 0. The largest absolute Gasteiger partial charge is 0.325 e. The zero-order valence-corrected chi connectivity index (χ0v) is 15.3. The molecular weight excluding hydrogens is 350 g/mol. The first-order valence-corrected chi connectivity index (χ1v) is 9.26. The van der Waals surface area contributed by atoms with Crippen LogP contribution in [0.15, 0.2) is 91.0 Å². The van der Waals surface area contributed by atoms with Gasteiger partial charge in [-0.05, 0) is 29.8 Å². The van der Waals surface area contributed by atoms with Crippen LogP contribution in [0.2, 0.25) is 0 Å². The summed E-state index contributed by atoms with van der Waals surface area (Å²) in [7, 11) is 0. The van der Waals surface area contributed by atoms with Gasteiger partial charge in [0, 0.05) is 23.8 Å². The summed E-state index contributed by atoms with van der Waals surface area (Å²) in [5.41, 5.74) is 2.54. The highest BCUT2D eigenvalue weighted by Gasteiger charge is 2.42. The molecule has 1 saturated heterocycles. The molecule has 1 aliphatic rings. The molecule has 5 nitrogen and oxygen atoms in total. The summed E-state index contributed by atoms with van der Waals surface area (Å²) in [6, 6.07) is 27.6. The van der Waals surface area contributed by atoms with E-state index < -0.39 is 6.04 Å². The van der Waals surface area contributed by atoms with Gasteiger partial charge in [0.25, 0.3) is 0 Å². The molecule has 1 fully saturated rings. The SMILES string of the molecule is O=C(Nc1ccccc1)N[C@@H]1C(=O)N(c2ccccc2)C[C@H]1c1ccccc1. The fourth-order valence-corrected chi connectivity index (χ4v) is 3.56. The predicted molar refractivity (Wildman–Crippen MR) is 110 cm³/mol. The van der Waals surface area contributed by atoms with Crippen LogP contribution in [0.4, 0.5) is 16.2 Å². The molecule has 2 atom stereocenters. The molecule has 4 rings (SSSR count). The molecule has 2 N–H and O–H groups in total. The second-order valence-corrected chi connectivity index (χ2v) is 6.74. The lowest BCUT2D eigenvalue weighted by molar-refractivity contribution is -0.118. The highest BCUT2D eigenvalue weighted by Crippen LogP contribution is 2.32. The molecule has 1 aliphatic heterocycles. The van der Waals surface area contributed by atoms with E-state index in [1.165, 1.54) is 0 Å². The van der Waals surface area contributed by atoms with Gasteiger partial charge in [-0.2, -0.15) is 0 Å². The quantitative estimate of drug-likeness (QED) is 0.728. The van der Waals surface area contributed by atoms with Gasteiger partial charge in [0.1, 0.15) is 6.04 Å². The number of hydrogen-bond donors (Lipinski definition) is 2. The number of nitrogens with zero attached hydrogens (tertiary/aromatic N) is 1. The molecule has 140 valence electrons. The van der Waals surface area contributed by atoms with Gasteiger partial charge < -0.3 is 15.5 Å². The van der Waals surface area contributed by atoms with Crippen molar-refractivity contribution in [2.75, 3.05) is 16.8 Å². The van der Waals surface area contributed by atoms with Gasteiger partial charge in [-0.3, -0.25) is 4.79 Å². The number of urea groups is 1. The number of nitrogens with one attached hydrogen (secondary N) is 2. The van der Waals surface area contributed by atoms with Gasteiger partial charge in [-0.15, -0.1) is 0 Å². The maximum absolute atomic E-state index is 13.2. The van der Waals surface area contributed by atoms with E-state index in [2.05, 4.69) is 10.6 Å². The molecule has 3 aromatic rings. The number of rotatable bonds is 4. The molecule has 0 unspecified atom stereocenters. The van der Waals surface area contributed by atoms with Crippen LogP contribution < -0.4 is 15.5 Å². The fourth-order valence-electron chi connectivity index (χ4n) is 3.56. The Morgan fingerprint density at radius 2 is 1.39 bits per heavy atom. The first kappa shape index (κ1) is 17.8. The summed E-state index contributed by atoms with van der Waals surface area (Å²) >= 11 is 0. The molecule has 0 aromatic heterocycles. The Morgan fingerprint density at radius 3 is 2.04 bits per heavy atom. The third-order valence-corrected chi connectivity index (χ3v) is 4.93. The molecule has 1 heterocycles. The van der Waals surface area contributed by atoms with Gasteiger partial charge in [-0.25, -0.2) is 4.79 Å². The summed E-state index contributed by atoms with van der Waals surface area (Å²) in [6.45, 7) is 0.517. The molecule has 0 bridgehead atoms. The van der Waals surface area contributed by atoms with Gasteiger partial charge in [0.15, 0.2) is 0 Å². The Morgan fingerprint density at radius 1 is 0.821 bits per heavy atom. The second kappa shape index (κ2) is 7.96. The Labute approximate surface area is 164 Å². The van der Waals surface area contributed by atoms with E-state index in [4.69, 9.17) is 0 Å². The lowest BCUT2D eigenvalue weighted by atomic mass is 9.94. The zero-order chi connectivity index (χ0) is 19.3. The van der Waals surface area contributed by atoms with Crippen LogP contribution in [0, 0.1) is 0 Å². The number of hydrogen-bond acceptors (Lipinski definition) is 2. The highest BCUT2D eigenvalue weighted by molar-refractivity contribution is 6.03. The van der Waals surface area contributed by atoms with Crippen molar-refractivity contribution in [3.8, 4) is 0 Å². The highest BCUT2D eigenvalue weighted by atomic mass is 16.2. The second-order valence-electron chi connectivity index (χ2n) is 6.74. The minimum absolute atomic E-state index is 0.108. The van der Waals surface area contributed by atoms with Crippen molar-refractivity contribution < 1.29 is 9.59 Å². The third kappa shape index (κ3) is 3.74. The summed E-state index contributed by atoms with van der Waals surface area (Å²) in [5.74, 6) is -0.237. The Balaban J connectivity index is 1.58. The van der Waals surface area contributed by atoms with Gasteiger partial charge >= 0.3 is 6.03 Å². The minimum Gasteiger partial charge on any atom is -0.325 e. The standard InChI is InChI=1S/C23H21N3O2/c27-22-21(25-23(28)24-18-12-6-2-7-13-18)20(17-10-4-1-5-11-17)16-26(22)19-14-8-3-9-15-19/h1-15,20-21H,16H2,(H2,24,25,28)/t20-,21-/m0/s1. The first-order valence-electron chi connectivity index (χ1n) is 9.26. The molecule has 0 saturated carbocycles. The number of amides is 3. The normalized spacial score (nSPS) is 18.7. The zero-order valence-electron chi connectivity index (χ0n) is 15.3. The van der Waals surface area contributed by atoms with Gasteiger partial charge in [0.05, 0.1) is 0 Å². The average molecular weight is 371 g/mol. The van der Waals surface area contributed by atoms with E-state index >= 15 is 0 Å². The van der Waals surface area contributed by atoms with Gasteiger partial charge in [0.2, 0.25) is 5.91 Å². The third-order valence-electron chi connectivity index (χ3n) is 4.93. The van der Waals surface area contributed by atoms with Crippen molar-refractivity contribution in [1.29, 1.82) is 0 Å². The van der Waals surface area contributed by atoms with Crippen LogP contribution in [0.25, 0.3) is 0 Å². The van der Waals surface area contributed by atoms with Crippen LogP contribution >= 0.6 is 0 Å². The molecule has 3 amide bonds. The Bertz CT molecular complexity index is 945. The Kier molecular flexibility index (Phi) is 5.06. The van der Waals surface area contributed by atoms with Crippen molar-refractivity contribution in [3.63, 3.8) is 0 Å². The van der Waals surface area contributed by atoms with Crippen LogP contribution in [0.5, 0.6) is 0 Å². The fraction of sp³-hybridized carbons (Fsp3) is 0.130. The van der Waals surface area contributed by atoms with Crippen molar-refractivity contribution in [1.82, 2.24) is 5.32 Å². The van der Waals surface area contributed by atoms with Crippen LogP contribution in [0.3, 0.4) is 0 Å². The van der Waals surface area contributed by atoms with Crippen molar-refractivity contribution in [2.45, 2.75) is 12.0 Å². The van der Waals surface area contributed by atoms with E-state index in [1.54, 1.807) is 17.0 Å². The smallest absolute Gasteiger partial charge is 0.319 e. The van der Waals surface area contributed by atoms with Crippen molar-refractivity contribution >= 4 is 23.3 Å². The summed E-state index contributed by atoms with van der Waals surface area (Å²) < 4.78 is 0. The number of anilines is 2. The van der Waals surface area contributed by atoms with E-state index in [1.807, 2.05) is 78.9 Å². The molecule has 0 aliphatic carbocycles. The van der Waals surface area contributed by atoms with Crippen LogP contribution in [-0.2, 0) is 4.79 Å². The Hall–Kier alpha value is -3.60. The molecule has 0 spiro atoms. The van der Waals surface area contributed by atoms with E-state index in [0.717, 1.165) is 11.3 Å². The monoisotopic (exact) mass is 371 g/mol. The van der Waals surface area contributed by atoms with E-state index in [-0.39, 0.29) is 17.9 Å². The number of carbonyl (C=O) groups is 2. The average Bonchev–Trinajstić information content (AvgIpc) is 3.06. The van der Waals surface area contributed by atoms with Crippen LogP contribution in [0.1, 0.15) is 11.5 Å². The molecule has 3 aromatic carbocycles. The molecular formula is C23H21N3O2. The predicted octanol–water partition coefficient (Wildman–Crippen LogP) is 4.01. The molecule has 0 radical (unpaired) electrons. The van der Waals surface area contributed by atoms with E-state index in [0.29, 0.717) is 12.2 Å². The van der Waals surface area contributed by atoms with Crippen molar-refractivity contribution in [2.24, 2.45) is 0 Å². The lowest BCUT2D eigenvalue weighted by Gasteiger charge is -2.19. The number of para-hydroxylation sites is 2. The van der Waals surface area contributed by atoms with Gasteiger partial charge in [-0.1, -0.05) is 66.7 Å². The summed E-state index contributed by atoms with van der Waals surface area (Å²) in [4.78, 5) is 27.4. The van der Waals surface area contributed by atoms with Crippen LogP contribution in [-0.4, -0.2) is 24.5 Å². The topological polar surface area (TPSA) is 61.4 Å². The maximum atomic E-state index is 13.2. The molecule has 5 heteroatoms. The maximum Gasteiger partial charge on any atom is 0.319 e. The number of carbonyl (C=O) groups excluding carboxylic acids is 2. The van der Waals surface area contributed by atoms with E-state index in [9.17, 15) is 9.59 Å².